The van der Waals surface area contributed by atoms with Crippen LogP contribution < -0.4 is 11.1 Å². The summed E-state index contributed by atoms with van der Waals surface area (Å²) < 4.78 is 1.64. The number of hydrogen-bond acceptors (Lipinski definition) is 4. The lowest BCUT2D eigenvalue weighted by Crippen LogP contribution is -2.07. The van der Waals surface area contributed by atoms with Crippen LogP contribution in [0.4, 0.5) is 11.5 Å². The minimum absolute atomic E-state index is 0.153. The SMILES string of the molecule is CC(Nc1ncc(N)cc1Br)c1ccc(Cl)s1. The molecule has 2 aromatic heterocycles. The van der Waals surface area contributed by atoms with Gasteiger partial charge in [-0.25, -0.2) is 4.98 Å². The highest BCUT2D eigenvalue weighted by molar-refractivity contribution is 9.10. The van der Waals surface area contributed by atoms with Crippen molar-refractivity contribution in [2.45, 2.75) is 13.0 Å². The van der Waals surface area contributed by atoms with Gasteiger partial charge in [0.2, 0.25) is 0 Å². The maximum Gasteiger partial charge on any atom is 0.140 e. The third-order valence-electron chi connectivity index (χ3n) is 2.24. The molecule has 0 radical (unpaired) electrons. The lowest BCUT2D eigenvalue weighted by Gasteiger charge is -2.14. The normalized spacial score (nSPS) is 12.4. The topological polar surface area (TPSA) is 50.9 Å². The highest BCUT2D eigenvalue weighted by Crippen LogP contribution is 2.30. The first-order valence-electron chi connectivity index (χ1n) is 4.99. The summed E-state index contributed by atoms with van der Waals surface area (Å²) in [7, 11) is 0. The quantitative estimate of drug-likeness (QED) is 0.880. The van der Waals surface area contributed by atoms with E-state index in [0.29, 0.717) is 5.69 Å². The lowest BCUT2D eigenvalue weighted by atomic mass is 10.2. The molecular weight excluding hydrogens is 322 g/mol. The van der Waals surface area contributed by atoms with Gasteiger partial charge in [-0.1, -0.05) is 11.6 Å². The molecule has 0 aliphatic carbocycles. The molecule has 0 aromatic carbocycles. The summed E-state index contributed by atoms with van der Waals surface area (Å²) in [6.07, 6.45) is 1.63. The molecule has 17 heavy (non-hydrogen) atoms. The molecule has 2 rings (SSSR count). The molecule has 0 bridgehead atoms. The Kier molecular flexibility index (Phi) is 3.91. The minimum atomic E-state index is 0.153. The molecule has 0 fully saturated rings. The summed E-state index contributed by atoms with van der Waals surface area (Å²) in [6.45, 7) is 2.06. The van der Waals surface area contributed by atoms with E-state index in [1.165, 1.54) is 4.88 Å². The Balaban J connectivity index is 2.15. The smallest absolute Gasteiger partial charge is 0.140 e. The fraction of sp³-hybridized carbons (Fsp3) is 0.182. The van der Waals surface area contributed by atoms with Gasteiger partial charge in [0.1, 0.15) is 5.82 Å². The van der Waals surface area contributed by atoms with E-state index in [2.05, 4.69) is 33.2 Å². The van der Waals surface area contributed by atoms with Gasteiger partial charge < -0.3 is 11.1 Å². The first-order chi connectivity index (χ1) is 8.06. The number of hydrogen-bond donors (Lipinski definition) is 2. The molecule has 0 aliphatic heterocycles. The summed E-state index contributed by atoms with van der Waals surface area (Å²) in [4.78, 5) is 5.41. The van der Waals surface area contributed by atoms with Crippen LogP contribution in [0.2, 0.25) is 4.34 Å². The standard InChI is InChI=1S/C11H11BrClN3S/c1-6(9-2-3-10(13)17-9)16-11-8(12)4-7(14)5-15-11/h2-6H,14H2,1H3,(H,15,16). The molecule has 0 aliphatic rings. The van der Waals surface area contributed by atoms with Crippen LogP contribution in [0.3, 0.4) is 0 Å². The second-order valence-electron chi connectivity index (χ2n) is 3.61. The number of nitrogens with zero attached hydrogens (tertiary/aromatic N) is 1. The van der Waals surface area contributed by atoms with E-state index in [1.54, 1.807) is 17.5 Å². The number of nitrogens with two attached hydrogens (primary N) is 1. The van der Waals surface area contributed by atoms with Crippen molar-refractivity contribution in [2.24, 2.45) is 0 Å². The van der Waals surface area contributed by atoms with E-state index in [0.717, 1.165) is 14.6 Å². The molecule has 1 atom stereocenters. The Hall–Kier alpha value is -0.780. The molecule has 0 spiro atoms. The van der Waals surface area contributed by atoms with Crippen molar-refractivity contribution in [3.8, 4) is 0 Å². The van der Waals surface area contributed by atoms with Crippen LogP contribution in [0.25, 0.3) is 0 Å². The first-order valence-corrected chi connectivity index (χ1v) is 6.98. The highest BCUT2D eigenvalue weighted by Gasteiger charge is 2.10. The van der Waals surface area contributed by atoms with Crippen molar-refractivity contribution in [1.82, 2.24) is 4.98 Å². The number of pyridine rings is 1. The second kappa shape index (κ2) is 5.25. The van der Waals surface area contributed by atoms with Gasteiger partial charge in [0.05, 0.1) is 26.7 Å². The Morgan fingerprint density at radius 3 is 2.88 bits per heavy atom. The largest absolute Gasteiger partial charge is 0.397 e. The van der Waals surface area contributed by atoms with Crippen molar-refractivity contribution in [1.29, 1.82) is 0 Å². The van der Waals surface area contributed by atoms with Crippen LogP contribution in [0.1, 0.15) is 17.8 Å². The first kappa shape index (κ1) is 12.7. The second-order valence-corrected chi connectivity index (χ2v) is 6.21. The van der Waals surface area contributed by atoms with E-state index in [-0.39, 0.29) is 6.04 Å². The fourth-order valence-electron chi connectivity index (χ4n) is 1.40. The molecule has 0 amide bonds. The highest BCUT2D eigenvalue weighted by atomic mass is 79.9. The molecular formula is C11H11BrClN3S. The van der Waals surface area contributed by atoms with Crippen LogP contribution in [-0.4, -0.2) is 4.98 Å². The van der Waals surface area contributed by atoms with Crippen LogP contribution >= 0.6 is 38.9 Å². The van der Waals surface area contributed by atoms with Gasteiger partial charge in [0.25, 0.3) is 0 Å². The summed E-state index contributed by atoms with van der Waals surface area (Å²) >= 11 is 10.9. The zero-order chi connectivity index (χ0) is 12.4. The molecule has 2 aromatic rings. The number of aromatic nitrogens is 1. The summed E-state index contributed by atoms with van der Waals surface area (Å²) in [5.74, 6) is 0.774. The minimum Gasteiger partial charge on any atom is -0.397 e. The van der Waals surface area contributed by atoms with Crippen LogP contribution in [0.15, 0.2) is 28.9 Å². The average molecular weight is 333 g/mol. The van der Waals surface area contributed by atoms with E-state index in [1.807, 2.05) is 18.2 Å². The van der Waals surface area contributed by atoms with Crippen molar-refractivity contribution in [2.75, 3.05) is 11.1 Å². The Morgan fingerprint density at radius 1 is 1.53 bits per heavy atom. The van der Waals surface area contributed by atoms with Gasteiger partial charge >= 0.3 is 0 Å². The zero-order valence-corrected chi connectivity index (χ0v) is 12.2. The van der Waals surface area contributed by atoms with Gasteiger partial charge in [0.15, 0.2) is 0 Å². The molecule has 2 heterocycles. The predicted molar refractivity (Wildman–Crippen MR) is 77.7 cm³/mol. The Bertz CT molecular complexity index is 529. The summed E-state index contributed by atoms with van der Waals surface area (Å²) in [5, 5.41) is 3.31. The Labute approximate surface area is 117 Å². The van der Waals surface area contributed by atoms with Crippen molar-refractivity contribution < 1.29 is 0 Å². The number of anilines is 2. The van der Waals surface area contributed by atoms with Crippen LogP contribution in [-0.2, 0) is 0 Å². The molecule has 3 nitrogen and oxygen atoms in total. The number of nitrogens with one attached hydrogen (secondary N) is 1. The van der Waals surface area contributed by atoms with Gasteiger partial charge in [-0.15, -0.1) is 11.3 Å². The fourth-order valence-corrected chi connectivity index (χ4v) is 2.94. The van der Waals surface area contributed by atoms with Gasteiger partial charge in [0, 0.05) is 4.88 Å². The molecule has 6 heteroatoms. The summed E-state index contributed by atoms with van der Waals surface area (Å²) in [5.41, 5.74) is 6.27. The third-order valence-corrected chi connectivity index (χ3v) is 4.25. The molecule has 90 valence electrons. The third kappa shape index (κ3) is 3.12. The predicted octanol–water partition coefficient (Wildman–Crippen LogP) is 4.31. The molecule has 0 saturated heterocycles. The van der Waals surface area contributed by atoms with Gasteiger partial charge in [-0.3, -0.25) is 0 Å². The maximum atomic E-state index is 5.91. The molecule has 3 N–H and O–H groups in total. The van der Waals surface area contributed by atoms with Crippen LogP contribution in [0.5, 0.6) is 0 Å². The van der Waals surface area contributed by atoms with Gasteiger partial charge in [-0.05, 0) is 41.1 Å². The maximum absolute atomic E-state index is 5.91. The number of halogens is 2. The van der Waals surface area contributed by atoms with E-state index in [9.17, 15) is 0 Å². The van der Waals surface area contributed by atoms with E-state index in [4.69, 9.17) is 17.3 Å². The number of thiophene rings is 1. The molecule has 0 saturated carbocycles. The average Bonchev–Trinajstić information content (AvgIpc) is 2.69. The van der Waals surface area contributed by atoms with Crippen molar-refractivity contribution in [3.63, 3.8) is 0 Å². The lowest BCUT2D eigenvalue weighted by molar-refractivity contribution is 0.895. The monoisotopic (exact) mass is 331 g/mol. The Morgan fingerprint density at radius 2 is 2.29 bits per heavy atom. The van der Waals surface area contributed by atoms with E-state index >= 15 is 0 Å². The van der Waals surface area contributed by atoms with Gasteiger partial charge in [-0.2, -0.15) is 0 Å². The zero-order valence-electron chi connectivity index (χ0n) is 9.08. The van der Waals surface area contributed by atoms with Crippen molar-refractivity contribution >= 4 is 50.4 Å². The van der Waals surface area contributed by atoms with Crippen molar-refractivity contribution in [3.05, 3.63) is 38.1 Å². The van der Waals surface area contributed by atoms with Crippen LogP contribution in [0, 0.1) is 0 Å². The number of nitrogen functional groups attached to an aromatic ring is 1. The molecule has 1 unspecified atom stereocenters. The summed E-state index contributed by atoms with van der Waals surface area (Å²) in [6, 6.07) is 5.88. The number of rotatable bonds is 3. The van der Waals surface area contributed by atoms with E-state index < -0.39 is 0 Å².